The molecule has 0 spiro atoms. The van der Waals surface area contributed by atoms with E-state index in [1.807, 2.05) is 0 Å². The number of nitriles is 1. The van der Waals surface area contributed by atoms with Gasteiger partial charge in [0.25, 0.3) is 0 Å². The smallest absolute Gasteiger partial charge is 0.214 e. The molecule has 52 valence electrons. The van der Waals surface area contributed by atoms with Gasteiger partial charge in [0.15, 0.2) is 0 Å². The topological polar surface area (TPSA) is 57.9 Å². The molecule has 9 heavy (non-hydrogen) atoms. The van der Waals surface area contributed by atoms with Crippen LogP contribution in [0.15, 0.2) is 0 Å². The Labute approximate surface area is 58.4 Å². The number of hydrogen-bond acceptors (Lipinski definition) is 4. The molecule has 0 aromatic carbocycles. The second-order valence-electron chi connectivity index (χ2n) is 1.27. The Morgan fingerprint density at radius 2 is 2.22 bits per heavy atom. The fourth-order valence-electron chi connectivity index (χ4n) is 0.300. The lowest BCUT2D eigenvalue weighted by Gasteiger charge is -1.91. The molecule has 0 aliphatic carbocycles. The van der Waals surface area contributed by atoms with Gasteiger partial charge in [-0.3, -0.25) is 0 Å². The Kier molecular flexibility index (Phi) is 3.66. The largest absolute Gasteiger partial charge is 0.216 e. The third-order valence-corrected chi connectivity index (χ3v) is 3.75. The molecule has 0 rings (SSSR count). The lowest BCUT2D eigenvalue weighted by atomic mass is 10.9. The summed E-state index contributed by atoms with van der Waals surface area (Å²) in [5.41, 5.74) is 0. The van der Waals surface area contributed by atoms with E-state index in [2.05, 4.69) is 0 Å². The SMILES string of the molecule is CCSS(=O)(=O)CC#N. The van der Waals surface area contributed by atoms with E-state index in [9.17, 15) is 8.42 Å². The molecule has 0 aliphatic heterocycles. The Hall–Kier alpha value is -0.210. The van der Waals surface area contributed by atoms with Gasteiger partial charge in [-0.1, -0.05) is 6.92 Å². The molecular formula is C4H7NO2S2. The molecule has 0 unspecified atom stereocenters. The van der Waals surface area contributed by atoms with Gasteiger partial charge in [-0.05, 0) is 10.8 Å². The first-order valence-electron chi connectivity index (χ1n) is 2.36. The summed E-state index contributed by atoms with van der Waals surface area (Å²) in [6, 6.07) is 1.58. The molecule has 0 saturated heterocycles. The van der Waals surface area contributed by atoms with Crippen molar-refractivity contribution in [2.24, 2.45) is 0 Å². The predicted octanol–water partition coefficient (Wildman–Crippen LogP) is 0.593. The van der Waals surface area contributed by atoms with Crippen molar-refractivity contribution < 1.29 is 8.42 Å². The van der Waals surface area contributed by atoms with Gasteiger partial charge in [0.05, 0.1) is 6.07 Å². The van der Waals surface area contributed by atoms with Crippen LogP contribution in [-0.2, 0) is 8.87 Å². The predicted molar refractivity (Wildman–Crippen MR) is 37.5 cm³/mol. The van der Waals surface area contributed by atoms with Crippen LogP contribution in [0.3, 0.4) is 0 Å². The first kappa shape index (κ1) is 8.79. The zero-order valence-electron chi connectivity index (χ0n) is 4.99. The third-order valence-electron chi connectivity index (χ3n) is 0.539. The molecule has 0 aliphatic rings. The quantitative estimate of drug-likeness (QED) is 0.574. The van der Waals surface area contributed by atoms with E-state index in [0.717, 1.165) is 10.8 Å². The first-order valence-corrected chi connectivity index (χ1v) is 5.52. The van der Waals surface area contributed by atoms with Gasteiger partial charge in [0, 0.05) is 5.75 Å². The average molecular weight is 165 g/mol. The lowest BCUT2D eigenvalue weighted by Crippen LogP contribution is -1.97. The Morgan fingerprint density at radius 1 is 1.67 bits per heavy atom. The van der Waals surface area contributed by atoms with Crippen molar-refractivity contribution in [3.8, 4) is 6.07 Å². The van der Waals surface area contributed by atoms with Crippen LogP contribution in [-0.4, -0.2) is 19.9 Å². The van der Waals surface area contributed by atoms with E-state index in [1.165, 1.54) is 0 Å². The molecule has 0 atom stereocenters. The van der Waals surface area contributed by atoms with E-state index in [-0.39, 0.29) is 5.75 Å². The second-order valence-corrected chi connectivity index (χ2v) is 5.71. The second kappa shape index (κ2) is 3.75. The molecule has 0 saturated carbocycles. The highest BCUT2D eigenvalue weighted by molar-refractivity contribution is 8.72. The molecule has 0 aromatic heterocycles. The van der Waals surface area contributed by atoms with E-state index < -0.39 is 8.87 Å². The summed E-state index contributed by atoms with van der Waals surface area (Å²) in [6.45, 7) is 1.74. The first-order chi connectivity index (χ1) is 4.12. The van der Waals surface area contributed by atoms with Crippen LogP contribution in [0, 0.1) is 11.3 Å². The summed E-state index contributed by atoms with van der Waals surface area (Å²) < 4.78 is 21.1. The molecule has 0 bridgehead atoms. The van der Waals surface area contributed by atoms with Gasteiger partial charge in [0.1, 0.15) is 5.75 Å². The van der Waals surface area contributed by atoms with Crippen LogP contribution < -0.4 is 0 Å². The van der Waals surface area contributed by atoms with Gasteiger partial charge < -0.3 is 0 Å². The van der Waals surface area contributed by atoms with Crippen LogP contribution in [0.4, 0.5) is 0 Å². The minimum Gasteiger partial charge on any atom is -0.216 e. The number of nitrogens with zero attached hydrogens (tertiary/aromatic N) is 1. The van der Waals surface area contributed by atoms with Crippen molar-refractivity contribution in [2.45, 2.75) is 6.92 Å². The number of rotatable bonds is 3. The molecule has 0 heterocycles. The summed E-state index contributed by atoms with van der Waals surface area (Å²) in [6.07, 6.45) is 0. The molecule has 0 radical (unpaired) electrons. The van der Waals surface area contributed by atoms with Crippen LogP contribution in [0.2, 0.25) is 0 Å². The molecule has 0 aromatic rings. The monoisotopic (exact) mass is 165 g/mol. The fourth-order valence-corrected chi connectivity index (χ4v) is 2.39. The third kappa shape index (κ3) is 4.30. The normalized spacial score (nSPS) is 10.7. The highest BCUT2D eigenvalue weighted by Gasteiger charge is 2.07. The summed E-state index contributed by atoms with van der Waals surface area (Å²) in [7, 11) is -2.32. The van der Waals surface area contributed by atoms with Crippen molar-refractivity contribution in [3.63, 3.8) is 0 Å². The molecular weight excluding hydrogens is 158 g/mol. The van der Waals surface area contributed by atoms with Gasteiger partial charge in [0.2, 0.25) is 8.87 Å². The minimum absolute atomic E-state index is 0.383. The molecule has 3 nitrogen and oxygen atoms in total. The summed E-state index contributed by atoms with van der Waals surface area (Å²) >= 11 is 0. The number of hydrogen-bond donors (Lipinski definition) is 0. The van der Waals surface area contributed by atoms with Crippen molar-refractivity contribution >= 4 is 19.7 Å². The summed E-state index contributed by atoms with van der Waals surface area (Å²) in [5.74, 6) is 0.121. The van der Waals surface area contributed by atoms with Gasteiger partial charge in [-0.2, -0.15) is 5.26 Å². The molecule has 0 fully saturated rings. The maximum atomic E-state index is 10.6. The van der Waals surface area contributed by atoms with Crippen molar-refractivity contribution in [3.05, 3.63) is 0 Å². The van der Waals surface area contributed by atoms with Crippen molar-refractivity contribution in [1.29, 1.82) is 5.26 Å². The van der Waals surface area contributed by atoms with E-state index in [4.69, 9.17) is 5.26 Å². The Balaban J connectivity index is 3.93. The van der Waals surface area contributed by atoms with Crippen LogP contribution in [0.1, 0.15) is 6.92 Å². The zero-order chi connectivity index (χ0) is 7.33. The van der Waals surface area contributed by atoms with E-state index in [1.54, 1.807) is 13.0 Å². The maximum absolute atomic E-state index is 10.6. The van der Waals surface area contributed by atoms with Crippen LogP contribution in [0.25, 0.3) is 0 Å². The van der Waals surface area contributed by atoms with Crippen molar-refractivity contribution in [1.82, 2.24) is 0 Å². The Morgan fingerprint density at radius 3 is 2.56 bits per heavy atom. The molecule has 0 amide bonds. The summed E-state index contributed by atoms with van der Waals surface area (Å²) in [4.78, 5) is 0. The Bertz CT molecular complexity index is 201. The minimum atomic E-state index is -3.13. The van der Waals surface area contributed by atoms with E-state index >= 15 is 0 Å². The van der Waals surface area contributed by atoms with Gasteiger partial charge >= 0.3 is 0 Å². The standard InChI is InChI=1S/C4H7NO2S2/c1-2-8-9(6,7)4-3-5/h2,4H2,1H3. The van der Waals surface area contributed by atoms with Crippen LogP contribution in [0.5, 0.6) is 0 Å². The average Bonchev–Trinajstić information content (AvgIpc) is 1.64. The fraction of sp³-hybridized carbons (Fsp3) is 0.750. The summed E-state index contributed by atoms with van der Waals surface area (Å²) in [5, 5.41) is 7.99. The van der Waals surface area contributed by atoms with Gasteiger partial charge in [-0.25, -0.2) is 8.42 Å². The van der Waals surface area contributed by atoms with Crippen molar-refractivity contribution in [2.75, 3.05) is 11.5 Å². The van der Waals surface area contributed by atoms with E-state index in [0.29, 0.717) is 5.75 Å². The van der Waals surface area contributed by atoms with Gasteiger partial charge in [-0.15, -0.1) is 0 Å². The van der Waals surface area contributed by atoms with Crippen LogP contribution >= 0.6 is 10.8 Å². The zero-order valence-corrected chi connectivity index (χ0v) is 6.63. The maximum Gasteiger partial charge on any atom is 0.214 e. The molecule has 0 N–H and O–H groups in total. The lowest BCUT2D eigenvalue weighted by molar-refractivity contribution is 0.613. The molecule has 5 heteroatoms. The highest BCUT2D eigenvalue weighted by Crippen LogP contribution is 2.10. The highest BCUT2D eigenvalue weighted by atomic mass is 33.1.